The first kappa shape index (κ1) is 17.1. The van der Waals surface area contributed by atoms with Crippen molar-refractivity contribution in [1.29, 1.82) is 0 Å². The molecule has 1 amide bonds. The van der Waals surface area contributed by atoms with Gasteiger partial charge in [-0.2, -0.15) is 5.10 Å². The molecule has 2 atom stereocenters. The van der Waals surface area contributed by atoms with Crippen LogP contribution in [0.5, 0.6) is 0 Å². The fourth-order valence-corrected chi connectivity index (χ4v) is 4.16. The second-order valence-corrected chi connectivity index (χ2v) is 7.47. The molecule has 2 aliphatic rings. The van der Waals surface area contributed by atoms with Crippen molar-refractivity contribution in [2.75, 3.05) is 44.2 Å². The zero-order chi connectivity index (χ0) is 18.1. The lowest BCUT2D eigenvalue weighted by molar-refractivity contribution is -0.135. The lowest BCUT2D eigenvalue weighted by atomic mass is 9.89. The van der Waals surface area contributed by atoms with Crippen molar-refractivity contribution in [2.24, 2.45) is 13.0 Å². The zero-order valence-corrected chi connectivity index (χ0v) is 15.6. The SMILES string of the molecule is Cc1cccc(N2CCN(C(=O)[C@H]3CNC[C@@H]3c3cnn(C)c3)CC2)c1. The van der Waals surface area contributed by atoms with Gasteiger partial charge in [0, 0.05) is 64.1 Å². The van der Waals surface area contributed by atoms with Gasteiger partial charge in [0.1, 0.15) is 0 Å². The quantitative estimate of drug-likeness (QED) is 0.906. The average Bonchev–Trinajstić information content (AvgIpc) is 3.30. The molecule has 0 radical (unpaired) electrons. The van der Waals surface area contributed by atoms with E-state index in [4.69, 9.17) is 0 Å². The number of aryl methyl sites for hydroxylation is 2. The Labute approximate surface area is 154 Å². The number of nitrogens with zero attached hydrogens (tertiary/aromatic N) is 4. The Hall–Kier alpha value is -2.34. The Morgan fingerprint density at radius 3 is 2.69 bits per heavy atom. The van der Waals surface area contributed by atoms with Crippen LogP contribution in [0.25, 0.3) is 0 Å². The molecule has 138 valence electrons. The highest BCUT2D eigenvalue weighted by atomic mass is 16.2. The van der Waals surface area contributed by atoms with Crippen LogP contribution in [0.2, 0.25) is 0 Å². The van der Waals surface area contributed by atoms with Crippen molar-refractivity contribution in [3.05, 3.63) is 47.8 Å². The molecule has 1 aromatic heterocycles. The summed E-state index contributed by atoms with van der Waals surface area (Å²) in [5.74, 6) is 0.531. The third-order valence-corrected chi connectivity index (χ3v) is 5.64. The predicted molar refractivity (Wildman–Crippen MR) is 102 cm³/mol. The summed E-state index contributed by atoms with van der Waals surface area (Å²) in [5.41, 5.74) is 3.69. The highest BCUT2D eigenvalue weighted by molar-refractivity contribution is 5.81. The lowest BCUT2D eigenvalue weighted by Crippen LogP contribution is -2.51. The number of carbonyl (C=O) groups is 1. The molecule has 0 saturated carbocycles. The van der Waals surface area contributed by atoms with Crippen LogP contribution < -0.4 is 10.2 Å². The van der Waals surface area contributed by atoms with Crippen LogP contribution in [0.4, 0.5) is 5.69 Å². The number of hydrogen-bond donors (Lipinski definition) is 1. The van der Waals surface area contributed by atoms with E-state index >= 15 is 0 Å². The second kappa shape index (κ2) is 7.11. The molecule has 3 heterocycles. The molecular weight excluding hydrogens is 326 g/mol. The van der Waals surface area contributed by atoms with E-state index in [1.165, 1.54) is 11.3 Å². The third-order valence-electron chi connectivity index (χ3n) is 5.64. The van der Waals surface area contributed by atoms with Gasteiger partial charge in [-0.3, -0.25) is 9.48 Å². The van der Waals surface area contributed by atoms with Crippen LogP contribution >= 0.6 is 0 Å². The number of piperazine rings is 1. The Kier molecular flexibility index (Phi) is 4.68. The van der Waals surface area contributed by atoms with E-state index in [0.29, 0.717) is 0 Å². The van der Waals surface area contributed by atoms with Crippen molar-refractivity contribution in [2.45, 2.75) is 12.8 Å². The summed E-state index contributed by atoms with van der Waals surface area (Å²) in [7, 11) is 1.92. The fourth-order valence-electron chi connectivity index (χ4n) is 4.16. The molecule has 1 N–H and O–H groups in total. The maximum Gasteiger partial charge on any atom is 0.227 e. The molecule has 0 spiro atoms. The van der Waals surface area contributed by atoms with Crippen LogP contribution in [-0.4, -0.2) is 59.9 Å². The minimum atomic E-state index is 0.0183. The number of amides is 1. The third kappa shape index (κ3) is 3.33. The molecule has 2 fully saturated rings. The van der Waals surface area contributed by atoms with Crippen molar-refractivity contribution in [3.8, 4) is 0 Å². The van der Waals surface area contributed by atoms with E-state index in [1.54, 1.807) is 0 Å². The van der Waals surface area contributed by atoms with Gasteiger partial charge in [0.2, 0.25) is 5.91 Å². The van der Waals surface area contributed by atoms with Gasteiger partial charge in [0.15, 0.2) is 0 Å². The average molecular weight is 353 g/mol. The van der Waals surface area contributed by atoms with Gasteiger partial charge < -0.3 is 15.1 Å². The van der Waals surface area contributed by atoms with Gasteiger partial charge in [-0.05, 0) is 30.2 Å². The highest BCUT2D eigenvalue weighted by Gasteiger charge is 2.37. The summed E-state index contributed by atoms with van der Waals surface area (Å²) in [6.07, 6.45) is 3.93. The predicted octanol–water partition coefficient (Wildman–Crippen LogP) is 1.38. The van der Waals surface area contributed by atoms with Gasteiger partial charge in [-0.1, -0.05) is 12.1 Å². The Morgan fingerprint density at radius 1 is 1.19 bits per heavy atom. The number of carbonyl (C=O) groups excluding carboxylic acids is 1. The van der Waals surface area contributed by atoms with Crippen LogP contribution in [0.1, 0.15) is 17.0 Å². The normalized spacial score (nSPS) is 23.5. The fraction of sp³-hybridized carbons (Fsp3) is 0.500. The van der Waals surface area contributed by atoms with Gasteiger partial charge in [-0.15, -0.1) is 0 Å². The lowest BCUT2D eigenvalue weighted by Gasteiger charge is -2.37. The van der Waals surface area contributed by atoms with Crippen LogP contribution in [0.15, 0.2) is 36.7 Å². The maximum absolute atomic E-state index is 13.1. The van der Waals surface area contributed by atoms with E-state index in [9.17, 15) is 4.79 Å². The molecule has 0 unspecified atom stereocenters. The first-order chi connectivity index (χ1) is 12.6. The van der Waals surface area contributed by atoms with Crippen LogP contribution in [0, 0.1) is 12.8 Å². The van der Waals surface area contributed by atoms with Gasteiger partial charge in [0.05, 0.1) is 12.1 Å². The van der Waals surface area contributed by atoms with Gasteiger partial charge in [-0.25, -0.2) is 0 Å². The first-order valence-corrected chi connectivity index (χ1v) is 9.41. The van der Waals surface area contributed by atoms with Crippen LogP contribution in [0.3, 0.4) is 0 Å². The number of anilines is 1. The van der Waals surface area contributed by atoms with E-state index in [1.807, 2.05) is 29.0 Å². The van der Waals surface area contributed by atoms with Crippen molar-refractivity contribution in [3.63, 3.8) is 0 Å². The minimum Gasteiger partial charge on any atom is -0.368 e. The summed E-state index contributed by atoms with van der Waals surface area (Å²) in [6, 6.07) is 8.60. The molecule has 2 aromatic rings. The zero-order valence-electron chi connectivity index (χ0n) is 15.6. The maximum atomic E-state index is 13.1. The van der Waals surface area contributed by atoms with Crippen molar-refractivity contribution in [1.82, 2.24) is 20.0 Å². The molecule has 2 aliphatic heterocycles. The molecule has 6 heteroatoms. The first-order valence-electron chi connectivity index (χ1n) is 9.41. The Balaban J connectivity index is 1.40. The Morgan fingerprint density at radius 2 is 2.00 bits per heavy atom. The number of aromatic nitrogens is 2. The summed E-state index contributed by atoms with van der Waals surface area (Å²) in [4.78, 5) is 17.6. The molecule has 26 heavy (non-hydrogen) atoms. The summed E-state index contributed by atoms with van der Waals surface area (Å²) in [5, 5.41) is 7.67. The second-order valence-electron chi connectivity index (χ2n) is 7.47. The molecule has 0 bridgehead atoms. The monoisotopic (exact) mass is 353 g/mol. The molecule has 0 aliphatic carbocycles. The molecular formula is C20H27N5O. The molecule has 6 nitrogen and oxygen atoms in total. The smallest absolute Gasteiger partial charge is 0.227 e. The van der Waals surface area contributed by atoms with Gasteiger partial charge >= 0.3 is 0 Å². The summed E-state index contributed by atoms with van der Waals surface area (Å²) < 4.78 is 1.82. The van der Waals surface area contributed by atoms with Crippen LogP contribution in [-0.2, 0) is 11.8 Å². The molecule has 1 aromatic carbocycles. The number of hydrogen-bond acceptors (Lipinski definition) is 4. The van der Waals surface area contributed by atoms with Crippen molar-refractivity contribution < 1.29 is 4.79 Å². The minimum absolute atomic E-state index is 0.0183. The highest BCUT2D eigenvalue weighted by Crippen LogP contribution is 2.30. The summed E-state index contributed by atoms with van der Waals surface area (Å²) in [6.45, 7) is 7.11. The topological polar surface area (TPSA) is 53.4 Å². The Bertz CT molecular complexity index is 778. The van der Waals surface area contributed by atoms with Gasteiger partial charge in [0.25, 0.3) is 0 Å². The van der Waals surface area contributed by atoms with E-state index in [2.05, 4.69) is 46.5 Å². The standard InChI is InChI=1S/C20H27N5O/c1-15-4-3-5-17(10-15)24-6-8-25(9-7-24)20(26)19-13-21-12-18(19)16-11-22-23(2)14-16/h3-5,10-11,14,18-19,21H,6-9,12-13H2,1-2H3/t18-,19+/m1/s1. The largest absolute Gasteiger partial charge is 0.368 e. The number of benzene rings is 1. The molecule has 4 rings (SSSR count). The van der Waals surface area contributed by atoms with E-state index in [0.717, 1.165) is 44.8 Å². The van der Waals surface area contributed by atoms with Crippen molar-refractivity contribution >= 4 is 11.6 Å². The van der Waals surface area contributed by atoms with E-state index in [-0.39, 0.29) is 17.7 Å². The molecule has 2 saturated heterocycles. The number of rotatable bonds is 3. The summed E-state index contributed by atoms with van der Waals surface area (Å²) >= 11 is 0. The number of nitrogens with one attached hydrogen (secondary N) is 1. The van der Waals surface area contributed by atoms with E-state index < -0.39 is 0 Å².